The predicted molar refractivity (Wildman–Crippen MR) is 106 cm³/mol. The number of ether oxygens (including phenoxy) is 2. The lowest BCUT2D eigenvalue weighted by molar-refractivity contribution is 0.191. The van der Waals surface area contributed by atoms with Crippen LogP contribution in [-0.2, 0) is 13.2 Å². The first kappa shape index (κ1) is 18.7. The van der Waals surface area contributed by atoms with Gasteiger partial charge in [-0.25, -0.2) is 0 Å². The highest BCUT2D eigenvalue weighted by atomic mass is 16.5. The third-order valence-electron chi connectivity index (χ3n) is 5.06. The Balaban J connectivity index is 1.67. The molecule has 0 amide bonds. The van der Waals surface area contributed by atoms with Crippen LogP contribution in [0.5, 0.6) is 11.5 Å². The fourth-order valence-electron chi connectivity index (χ4n) is 3.57. The van der Waals surface area contributed by atoms with Gasteiger partial charge in [-0.05, 0) is 50.7 Å². The van der Waals surface area contributed by atoms with E-state index in [0.29, 0.717) is 12.6 Å². The molecule has 0 saturated carbocycles. The van der Waals surface area contributed by atoms with Crippen molar-refractivity contribution >= 4 is 0 Å². The summed E-state index contributed by atoms with van der Waals surface area (Å²) in [7, 11) is 3.90. The van der Waals surface area contributed by atoms with Crippen molar-refractivity contribution in [3.8, 4) is 11.5 Å². The average Bonchev–Trinajstić information content (AvgIpc) is 2.81. The van der Waals surface area contributed by atoms with Crippen LogP contribution in [0.1, 0.15) is 24.5 Å². The van der Waals surface area contributed by atoms with Gasteiger partial charge < -0.3 is 14.4 Å². The Kier molecular flexibility index (Phi) is 6.53. The van der Waals surface area contributed by atoms with Crippen molar-refractivity contribution in [3.63, 3.8) is 0 Å². The van der Waals surface area contributed by atoms with E-state index in [2.05, 4.69) is 48.0 Å². The molecule has 2 aromatic rings. The second kappa shape index (κ2) is 9.06. The summed E-state index contributed by atoms with van der Waals surface area (Å²) in [6.45, 7) is 7.23. The van der Waals surface area contributed by atoms with Gasteiger partial charge in [0.05, 0.1) is 7.11 Å². The minimum absolute atomic E-state index is 0.548. The van der Waals surface area contributed by atoms with Gasteiger partial charge in [0.15, 0.2) is 0 Å². The molecule has 0 N–H and O–H groups in total. The van der Waals surface area contributed by atoms with E-state index in [9.17, 15) is 0 Å². The minimum atomic E-state index is 0.548. The number of hydrogen-bond acceptors (Lipinski definition) is 4. The third-order valence-corrected chi connectivity index (χ3v) is 5.06. The molecule has 4 heteroatoms. The summed E-state index contributed by atoms with van der Waals surface area (Å²) in [5.41, 5.74) is 2.37. The van der Waals surface area contributed by atoms with Crippen LogP contribution in [0.2, 0.25) is 0 Å². The number of benzene rings is 2. The molecule has 0 spiro atoms. The van der Waals surface area contributed by atoms with E-state index >= 15 is 0 Å². The number of hydrogen-bond donors (Lipinski definition) is 0. The van der Waals surface area contributed by atoms with Crippen molar-refractivity contribution in [1.82, 2.24) is 9.80 Å². The van der Waals surface area contributed by atoms with E-state index in [-0.39, 0.29) is 0 Å². The maximum Gasteiger partial charge on any atom is 0.124 e. The van der Waals surface area contributed by atoms with Gasteiger partial charge in [0.25, 0.3) is 0 Å². The van der Waals surface area contributed by atoms with Gasteiger partial charge >= 0.3 is 0 Å². The van der Waals surface area contributed by atoms with Crippen LogP contribution in [-0.4, -0.2) is 49.6 Å². The molecule has 1 heterocycles. The van der Waals surface area contributed by atoms with Crippen molar-refractivity contribution in [2.45, 2.75) is 32.5 Å². The summed E-state index contributed by atoms with van der Waals surface area (Å²) >= 11 is 0. The summed E-state index contributed by atoms with van der Waals surface area (Å²) in [5, 5.41) is 0. The molecule has 0 aliphatic carbocycles. The second-order valence-electron chi connectivity index (χ2n) is 7.18. The highest BCUT2D eigenvalue weighted by molar-refractivity contribution is 5.34. The zero-order valence-corrected chi connectivity index (χ0v) is 16.1. The monoisotopic (exact) mass is 354 g/mol. The Bertz CT molecular complexity index is 704. The van der Waals surface area contributed by atoms with Gasteiger partial charge in [0.2, 0.25) is 0 Å². The largest absolute Gasteiger partial charge is 0.497 e. The topological polar surface area (TPSA) is 24.9 Å². The van der Waals surface area contributed by atoms with Crippen LogP contribution in [0.3, 0.4) is 0 Å². The maximum atomic E-state index is 6.16. The molecule has 1 saturated heterocycles. The quantitative estimate of drug-likeness (QED) is 0.788. The van der Waals surface area contributed by atoms with Gasteiger partial charge in [-0.1, -0.05) is 30.3 Å². The Hall–Kier alpha value is -2.04. The summed E-state index contributed by atoms with van der Waals surface area (Å²) in [6, 6.07) is 17.0. The molecule has 4 nitrogen and oxygen atoms in total. The van der Waals surface area contributed by atoms with Crippen LogP contribution >= 0.6 is 0 Å². The molecule has 3 rings (SSSR count). The minimum Gasteiger partial charge on any atom is -0.497 e. The average molecular weight is 354 g/mol. The Morgan fingerprint density at radius 3 is 2.77 bits per heavy atom. The molecule has 1 aliphatic rings. The number of para-hydroxylation sites is 1. The molecule has 140 valence electrons. The first-order valence-corrected chi connectivity index (χ1v) is 9.42. The fourth-order valence-corrected chi connectivity index (χ4v) is 3.57. The van der Waals surface area contributed by atoms with Gasteiger partial charge in [-0.2, -0.15) is 0 Å². The summed E-state index contributed by atoms with van der Waals surface area (Å²) in [6.07, 6.45) is 1.22. The zero-order chi connectivity index (χ0) is 18.4. The van der Waals surface area contributed by atoms with Crippen LogP contribution in [0.25, 0.3) is 0 Å². The van der Waals surface area contributed by atoms with Crippen LogP contribution in [0, 0.1) is 0 Å². The van der Waals surface area contributed by atoms with Gasteiger partial charge in [0, 0.05) is 31.2 Å². The smallest absolute Gasteiger partial charge is 0.124 e. The Labute approximate surface area is 157 Å². The van der Waals surface area contributed by atoms with E-state index in [1.54, 1.807) is 7.11 Å². The number of rotatable bonds is 6. The van der Waals surface area contributed by atoms with E-state index in [1.807, 2.05) is 24.3 Å². The zero-order valence-electron chi connectivity index (χ0n) is 16.1. The molecule has 1 fully saturated rings. The molecule has 0 unspecified atom stereocenters. The molecular formula is C22H30N2O2. The van der Waals surface area contributed by atoms with E-state index in [0.717, 1.165) is 36.7 Å². The number of nitrogens with zero attached hydrogens (tertiary/aromatic N) is 2. The molecule has 1 atom stereocenters. The Morgan fingerprint density at radius 1 is 1.08 bits per heavy atom. The molecule has 0 aromatic heterocycles. The first-order valence-electron chi connectivity index (χ1n) is 9.42. The Morgan fingerprint density at radius 2 is 1.92 bits per heavy atom. The second-order valence-corrected chi connectivity index (χ2v) is 7.18. The lowest BCUT2D eigenvalue weighted by Gasteiger charge is -2.28. The highest BCUT2D eigenvalue weighted by Gasteiger charge is 2.20. The summed E-state index contributed by atoms with van der Waals surface area (Å²) in [5.74, 6) is 1.84. The molecule has 2 aromatic carbocycles. The fraction of sp³-hybridized carbons (Fsp3) is 0.455. The van der Waals surface area contributed by atoms with E-state index in [1.165, 1.54) is 18.5 Å². The molecule has 1 aliphatic heterocycles. The van der Waals surface area contributed by atoms with E-state index in [4.69, 9.17) is 9.47 Å². The van der Waals surface area contributed by atoms with Crippen molar-refractivity contribution in [3.05, 3.63) is 59.7 Å². The van der Waals surface area contributed by atoms with Gasteiger partial charge in [-0.3, -0.25) is 4.90 Å². The van der Waals surface area contributed by atoms with Crippen LogP contribution in [0.15, 0.2) is 48.5 Å². The summed E-state index contributed by atoms with van der Waals surface area (Å²) in [4.78, 5) is 4.99. The van der Waals surface area contributed by atoms with Crippen molar-refractivity contribution in [1.29, 1.82) is 0 Å². The normalized spacial score (nSPS) is 19.1. The third kappa shape index (κ3) is 4.99. The first-order chi connectivity index (χ1) is 12.7. The highest BCUT2D eigenvalue weighted by Crippen LogP contribution is 2.23. The maximum absolute atomic E-state index is 6.16. The lowest BCUT2D eigenvalue weighted by atomic mass is 10.1. The number of likely N-dealkylation sites (N-methyl/N-ethyl adjacent to an activating group) is 1. The van der Waals surface area contributed by atoms with E-state index < -0.39 is 0 Å². The molecule has 26 heavy (non-hydrogen) atoms. The number of methoxy groups -OCH3 is 1. The van der Waals surface area contributed by atoms with Crippen molar-refractivity contribution < 1.29 is 9.47 Å². The summed E-state index contributed by atoms with van der Waals surface area (Å²) < 4.78 is 11.5. The van der Waals surface area contributed by atoms with Gasteiger partial charge in [0.1, 0.15) is 18.1 Å². The van der Waals surface area contributed by atoms with Crippen LogP contribution < -0.4 is 9.47 Å². The lowest BCUT2D eigenvalue weighted by Crippen LogP contribution is -2.37. The molecule has 0 radical (unpaired) electrons. The van der Waals surface area contributed by atoms with Crippen LogP contribution in [0.4, 0.5) is 0 Å². The molecular weight excluding hydrogens is 324 g/mol. The van der Waals surface area contributed by atoms with Crippen molar-refractivity contribution in [2.24, 2.45) is 0 Å². The SMILES string of the molecule is COc1cccc(COc2ccccc2CN2CCCN(C)C[C@H]2C)c1. The van der Waals surface area contributed by atoms with Gasteiger partial charge in [-0.15, -0.1) is 0 Å². The van der Waals surface area contributed by atoms with Crippen molar-refractivity contribution in [2.75, 3.05) is 33.8 Å². The molecule has 0 bridgehead atoms. The predicted octanol–water partition coefficient (Wildman–Crippen LogP) is 3.80. The standard InChI is InChI=1S/C22H30N2O2/c1-18-15-23(2)12-7-13-24(18)16-20-9-4-5-11-22(20)26-17-19-8-6-10-21(14-19)25-3/h4-6,8-11,14,18H,7,12-13,15-17H2,1-3H3/t18-/m1/s1.